The number of rotatable bonds is 2. The van der Waals surface area contributed by atoms with Crippen LogP contribution in [0.3, 0.4) is 0 Å². The van der Waals surface area contributed by atoms with E-state index >= 15 is 0 Å². The summed E-state index contributed by atoms with van der Waals surface area (Å²) in [7, 11) is 1.43. The Morgan fingerprint density at radius 3 is 2.81 bits per heavy atom. The Bertz CT molecular complexity index is 576. The lowest BCUT2D eigenvalue weighted by atomic mass is 10.2. The number of benzene rings is 1. The molecule has 3 N–H and O–H groups in total. The minimum atomic E-state index is -1.16. The van der Waals surface area contributed by atoms with Crippen LogP contribution in [0.2, 0.25) is 5.02 Å². The molecule has 1 aromatic carbocycles. The molecule has 84 valence electrons. The molecule has 6 heteroatoms. The van der Waals surface area contributed by atoms with Crippen molar-refractivity contribution in [3.63, 3.8) is 0 Å². The number of nitrogens with two attached hydrogens (primary N) is 1. The smallest absolute Gasteiger partial charge is 0.371 e. The van der Waals surface area contributed by atoms with Gasteiger partial charge in [-0.05, 0) is 0 Å². The van der Waals surface area contributed by atoms with Crippen LogP contribution in [0.1, 0.15) is 10.6 Å². The number of methoxy groups -OCH3 is 1. The Labute approximate surface area is 95.3 Å². The average Bonchev–Trinajstić information content (AvgIpc) is 2.62. The Morgan fingerprint density at radius 2 is 2.25 bits per heavy atom. The molecule has 0 bridgehead atoms. The highest BCUT2D eigenvalue weighted by molar-refractivity contribution is 6.37. The molecule has 0 aliphatic carbocycles. The molecule has 0 saturated heterocycles. The van der Waals surface area contributed by atoms with E-state index in [0.717, 1.165) is 0 Å². The first kappa shape index (κ1) is 10.6. The number of aromatic carboxylic acids is 1. The fourth-order valence-electron chi connectivity index (χ4n) is 1.45. The number of furan rings is 1. The number of hydrogen-bond acceptors (Lipinski definition) is 4. The third kappa shape index (κ3) is 1.45. The minimum absolute atomic E-state index is 0.190. The predicted molar refractivity (Wildman–Crippen MR) is 59.1 cm³/mol. The van der Waals surface area contributed by atoms with Gasteiger partial charge in [-0.15, -0.1) is 0 Å². The molecule has 5 nitrogen and oxygen atoms in total. The second-order valence-corrected chi connectivity index (χ2v) is 3.52. The van der Waals surface area contributed by atoms with Gasteiger partial charge in [0.15, 0.2) is 5.75 Å². The normalized spacial score (nSPS) is 10.6. The maximum Gasteiger partial charge on any atom is 0.371 e. The Kier molecular flexibility index (Phi) is 2.40. The predicted octanol–water partition coefficient (Wildman–Crippen LogP) is 2.38. The van der Waals surface area contributed by atoms with E-state index in [-0.39, 0.29) is 10.8 Å². The first-order chi connectivity index (χ1) is 7.54. The lowest BCUT2D eigenvalue weighted by molar-refractivity contribution is 0.0665. The number of halogens is 1. The third-order valence-electron chi connectivity index (χ3n) is 2.16. The van der Waals surface area contributed by atoms with E-state index in [1.807, 2.05) is 0 Å². The summed E-state index contributed by atoms with van der Waals surface area (Å²) in [6, 6.07) is 2.81. The Balaban J connectivity index is 2.78. The molecule has 0 aliphatic rings. The highest BCUT2D eigenvalue weighted by Gasteiger charge is 2.17. The summed E-state index contributed by atoms with van der Waals surface area (Å²) in [6.07, 6.45) is 0. The highest BCUT2D eigenvalue weighted by atomic mass is 35.5. The molecule has 0 spiro atoms. The zero-order valence-electron chi connectivity index (χ0n) is 8.28. The largest absolute Gasteiger partial charge is 0.493 e. The number of ether oxygens (including phenoxy) is 1. The van der Waals surface area contributed by atoms with Crippen LogP contribution in [0.15, 0.2) is 16.5 Å². The maximum atomic E-state index is 10.7. The van der Waals surface area contributed by atoms with E-state index in [2.05, 4.69) is 0 Å². The SMILES string of the molecule is COc1c(N)cc2oc(C(=O)O)cc2c1Cl. The Hall–Kier alpha value is -1.88. The van der Waals surface area contributed by atoms with Gasteiger partial charge in [-0.3, -0.25) is 0 Å². The monoisotopic (exact) mass is 241 g/mol. The molecule has 0 radical (unpaired) electrons. The van der Waals surface area contributed by atoms with Crippen molar-refractivity contribution in [2.45, 2.75) is 0 Å². The molecular weight excluding hydrogens is 234 g/mol. The van der Waals surface area contributed by atoms with Crippen LogP contribution in [-0.4, -0.2) is 18.2 Å². The molecule has 0 fully saturated rings. The highest BCUT2D eigenvalue weighted by Crippen LogP contribution is 2.39. The van der Waals surface area contributed by atoms with Crippen molar-refractivity contribution in [1.29, 1.82) is 0 Å². The van der Waals surface area contributed by atoms with Crippen LogP contribution in [-0.2, 0) is 0 Å². The van der Waals surface area contributed by atoms with Crippen LogP contribution < -0.4 is 10.5 Å². The summed E-state index contributed by atoms with van der Waals surface area (Å²) in [5.74, 6) is -1.04. The van der Waals surface area contributed by atoms with Crippen LogP contribution in [0.5, 0.6) is 5.75 Å². The molecule has 0 unspecified atom stereocenters. The first-order valence-corrected chi connectivity index (χ1v) is 4.71. The molecule has 0 amide bonds. The summed E-state index contributed by atoms with van der Waals surface area (Å²) < 4.78 is 10.1. The van der Waals surface area contributed by atoms with E-state index in [4.69, 9.17) is 31.6 Å². The summed E-state index contributed by atoms with van der Waals surface area (Å²) in [5, 5.41) is 9.48. The quantitative estimate of drug-likeness (QED) is 0.789. The van der Waals surface area contributed by atoms with Gasteiger partial charge in [-0.2, -0.15) is 0 Å². The number of anilines is 1. The summed E-state index contributed by atoms with van der Waals surface area (Å²) in [5.41, 5.74) is 6.28. The molecule has 16 heavy (non-hydrogen) atoms. The molecule has 1 heterocycles. The van der Waals surface area contributed by atoms with Gasteiger partial charge in [0.25, 0.3) is 0 Å². The zero-order chi connectivity index (χ0) is 11.9. The molecule has 0 aliphatic heterocycles. The number of nitrogen functional groups attached to an aromatic ring is 1. The fraction of sp³-hybridized carbons (Fsp3) is 0.100. The summed E-state index contributed by atoms with van der Waals surface area (Å²) in [4.78, 5) is 10.7. The van der Waals surface area contributed by atoms with Crippen molar-refractivity contribution in [1.82, 2.24) is 0 Å². The number of carboxylic acids is 1. The molecule has 1 aromatic heterocycles. The second-order valence-electron chi connectivity index (χ2n) is 3.14. The van der Waals surface area contributed by atoms with Crippen LogP contribution >= 0.6 is 11.6 Å². The standard InChI is InChI=1S/C10H8ClNO4/c1-15-9-5(12)3-6-4(8(9)11)2-7(16-6)10(13)14/h2-3H,12H2,1H3,(H,13,14). The summed E-state index contributed by atoms with van der Waals surface area (Å²) >= 11 is 6.01. The van der Waals surface area contributed by atoms with E-state index in [1.165, 1.54) is 19.2 Å². The molecular formula is C10H8ClNO4. The Morgan fingerprint density at radius 1 is 1.56 bits per heavy atom. The minimum Gasteiger partial charge on any atom is -0.493 e. The molecule has 0 atom stereocenters. The van der Waals surface area contributed by atoms with Gasteiger partial charge in [0, 0.05) is 17.5 Å². The molecule has 0 saturated carbocycles. The van der Waals surface area contributed by atoms with Crippen molar-refractivity contribution in [3.8, 4) is 5.75 Å². The third-order valence-corrected chi connectivity index (χ3v) is 2.54. The van der Waals surface area contributed by atoms with E-state index in [9.17, 15) is 4.79 Å². The number of hydrogen-bond donors (Lipinski definition) is 2. The average molecular weight is 242 g/mol. The topological polar surface area (TPSA) is 85.7 Å². The van der Waals surface area contributed by atoms with Gasteiger partial charge >= 0.3 is 5.97 Å². The van der Waals surface area contributed by atoms with Gasteiger partial charge in [0.1, 0.15) is 5.58 Å². The lowest BCUT2D eigenvalue weighted by Gasteiger charge is -2.06. The van der Waals surface area contributed by atoms with Gasteiger partial charge < -0.3 is 20.0 Å². The van der Waals surface area contributed by atoms with Gasteiger partial charge in [-0.25, -0.2) is 4.79 Å². The lowest BCUT2D eigenvalue weighted by Crippen LogP contribution is -1.92. The van der Waals surface area contributed by atoms with Crippen LogP contribution in [0.25, 0.3) is 11.0 Å². The van der Waals surface area contributed by atoms with Crippen molar-refractivity contribution >= 4 is 34.2 Å². The first-order valence-electron chi connectivity index (χ1n) is 4.33. The van der Waals surface area contributed by atoms with Gasteiger partial charge in [-0.1, -0.05) is 11.6 Å². The number of carboxylic acid groups (broad SMARTS) is 1. The van der Waals surface area contributed by atoms with Crippen molar-refractivity contribution in [2.75, 3.05) is 12.8 Å². The molecule has 2 aromatic rings. The van der Waals surface area contributed by atoms with Crippen LogP contribution in [0.4, 0.5) is 5.69 Å². The van der Waals surface area contributed by atoms with Crippen LogP contribution in [0, 0.1) is 0 Å². The second kappa shape index (κ2) is 3.61. The van der Waals surface area contributed by atoms with Crippen molar-refractivity contribution < 1.29 is 19.1 Å². The fourth-order valence-corrected chi connectivity index (χ4v) is 1.79. The maximum absolute atomic E-state index is 10.7. The van der Waals surface area contributed by atoms with Crippen molar-refractivity contribution in [2.24, 2.45) is 0 Å². The van der Waals surface area contributed by atoms with E-state index < -0.39 is 5.97 Å². The number of carbonyl (C=O) groups is 1. The summed E-state index contributed by atoms with van der Waals surface area (Å²) in [6.45, 7) is 0. The van der Waals surface area contributed by atoms with E-state index in [0.29, 0.717) is 22.4 Å². The van der Waals surface area contributed by atoms with E-state index in [1.54, 1.807) is 0 Å². The number of fused-ring (bicyclic) bond motifs is 1. The molecule has 2 rings (SSSR count). The van der Waals surface area contributed by atoms with Gasteiger partial charge in [0.05, 0.1) is 17.8 Å². The van der Waals surface area contributed by atoms with Crippen molar-refractivity contribution in [3.05, 3.63) is 22.9 Å². The zero-order valence-corrected chi connectivity index (χ0v) is 9.04. The van der Waals surface area contributed by atoms with Gasteiger partial charge in [0.2, 0.25) is 5.76 Å².